The number of rotatable bonds is 6. The Morgan fingerprint density at radius 2 is 2.00 bits per heavy atom. The van der Waals surface area contributed by atoms with Gasteiger partial charge in [0.25, 0.3) is 0 Å². The Morgan fingerprint density at radius 3 is 2.50 bits per heavy atom. The molecule has 1 aliphatic rings. The average Bonchev–Trinajstić information content (AvgIpc) is 2.30. The van der Waals surface area contributed by atoms with Crippen LogP contribution in [0.15, 0.2) is 0 Å². The van der Waals surface area contributed by atoms with Gasteiger partial charge in [0, 0.05) is 18.1 Å². The monoisotopic (exact) mass is 294 g/mol. The SMILES string of the molecule is CC(=O)SCC(COC1CCC(Cl)CC1)C(=O)O. The zero-order chi connectivity index (χ0) is 13.5. The van der Waals surface area contributed by atoms with Crippen molar-refractivity contribution in [3.8, 4) is 0 Å². The fourth-order valence-corrected chi connectivity index (χ4v) is 2.78. The Bertz CT molecular complexity index is 290. The molecule has 0 aliphatic heterocycles. The first-order valence-electron chi connectivity index (χ1n) is 6.11. The Kier molecular flexibility index (Phi) is 7.04. The predicted octanol–water partition coefficient (Wildman–Crippen LogP) is 2.53. The van der Waals surface area contributed by atoms with Crippen LogP contribution in [-0.4, -0.2) is 40.0 Å². The van der Waals surface area contributed by atoms with Gasteiger partial charge >= 0.3 is 5.97 Å². The third-order valence-electron chi connectivity index (χ3n) is 2.97. The Morgan fingerprint density at radius 1 is 1.39 bits per heavy atom. The molecular weight excluding hydrogens is 276 g/mol. The van der Waals surface area contributed by atoms with E-state index in [0.29, 0.717) is 0 Å². The smallest absolute Gasteiger partial charge is 0.309 e. The summed E-state index contributed by atoms with van der Waals surface area (Å²) in [6.45, 7) is 1.61. The zero-order valence-corrected chi connectivity index (χ0v) is 12.0. The summed E-state index contributed by atoms with van der Waals surface area (Å²) in [5.74, 6) is -1.25. The second-order valence-corrected chi connectivity index (χ2v) is 6.36. The number of aliphatic carboxylic acids is 1. The number of alkyl halides is 1. The van der Waals surface area contributed by atoms with Crippen LogP contribution in [0.1, 0.15) is 32.6 Å². The molecule has 1 atom stereocenters. The van der Waals surface area contributed by atoms with Crippen LogP contribution < -0.4 is 0 Å². The maximum absolute atomic E-state index is 11.0. The van der Waals surface area contributed by atoms with Crippen molar-refractivity contribution in [3.63, 3.8) is 0 Å². The van der Waals surface area contributed by atoms with Crippen molar-refractivity contribution in [1.82, 2.24) is 0 Å². The third kappa shape index (κ3) is 6.07. The molecule has 0 aromatic heterocycles. The molecule has 0 heterocycles. The molecule has 1 unspecified atom stereocenters. The molecule has 0 radical (unpaired) electrons. The van der Waals surface area contributed by atoms with E-state index in [4.69, 9.17) is 21.4 Å². The minimum absolute atomic E-state index is 0.0658. The van der Waals surface area contributed by atoms with Crippen molar-refractivity contribution < 1.29 is 19.4 Å². The number of hydrogen-bond acceptors (Lipinski definition) is 4. The lowest BCUT2D eigenvalue weighted by Crippen LogP contribution is -2.28. The summed E-state index contributed by atoms with van der Waals surface area (Å²) < 4.78 is 5.62. The predicted molar refractivity (Wildman–Crippen MR) is 72.1 cm³/mol. The lowest BCUT2D eigenvalue weighted by Gasteiger charge is -2.26. The Hall–Kier alpha value is -0.260. The number of carbonyl (C=O) groups excluding carboxylic acids is 1. The van der Waals surface area contributed by atoms with Gasteiger partial charge in [0.15, 0.2) is 5.12 Å². The normalized spacial score (nSPS) is 25.7. The molecule has 1 aliphatic carbocycles. The van der Waals surface area contributed by atoms with E-state index in [9.17, 15) is 9.59 Å². The van der Waals surface area contributed by atoms with Crippen LogP contribution in [0.5, 0.6) is 0 Å². The van der Waals surface area contributed by atoms with E-state index in [1.54, 1.807) is 0 Å². The molecular formula is C12H19ClO4S. The molecule has 104 valence electrons. The van der Waals surface area contributed by atoms with Crippen molar-refractivity contribution >= 4 is 34.4 Å². The number of carboxylic acid groups (broad SMARTS) is 1. The average molecular weight is 295 g/mol. The highest BCUT2D eigenvalue weighted by Crippen LogP contribution is 2.25. The maximum atomic E-state index is 11.0. The van der Waals surface area contributed by atoms with Gasteiger partial charge in [0.1, 0.15) is 0 Å². The summed E-state index contributed by atoms with van der Waals surface area (Å²) in [5, 5.41) is 9.20. The standard InChI is InChI=1S/C12H19ClO4S/c1-8(14)18-7-9(12(15)16)6-17-11-4-2-10(13)3-5-11/h9-11H,2-7H2,1H3,(H,15,16). The van der Waals surface area contributed by atoms with E-state index >= 15 is 0 Å². The highest BCUT2D eigenvalue weighted by Gasteiger charge is 2.24. The van der Waals surface area contributed by atoms with Crippen LogP contribution in [0.4, 0.5) is 0 Å². The highest BCUT2D eigenvalue weighted by molar-refractivity contribution is 8.13. The molecule has 0 aromatic carbocycles. The fourth-order valence-electron chi connectivity index (χ4n) is 1.85. The summed E-state index contributed by atoms with van der Waals surface area (Å²) in [5.41, 5.74) is 0. The lowest BCUT2D eigenvalue weighted by molar-refractivity contribution is -0.143. The fraction of sp³-hybridized carbons (Fsp3) is 0.833. The van der Waals surface area contributed by atoms with Crippen molar-refractivity contribution in [2.75, 3.05) is 12.4 Å². The topological polar surface area (TPSA) is 63.6 Å². The van der Waals surface area contributed by atoms with E-state index in [1.807, 2.05) is 0 Å². The number of halogens is 1. The number of hydrogen-bond donors (Lipinski definition) is 1. The van der Waals surface area contributed by atoms with Crippen molar-refractivity contribution in [2.24, 2.45) is 5.92 Å². The first-order valence-corrected chi connectivity index (χ1v) is 7.53. The van der Waals surface area contributed by atoms with Gasteiger partial charge in [-0.05, 0) is 25.7 Å². The minimum atomic E-state index is -0.908. The largest absolute Gasteiger partial charge is 0.481 e. The number of carbonyl (C=O) groups is 2. The second-order valence-electron chi connectivity index (χ2n) is 4.55. The quantitative estimate of drug-likeness (QED) is 0.763. The maximum Gasteiger partial charge on any atom is 0.309 e. The van der Waals surface area contributed by atoms with Crippen LogP contribution in [0.2, 0.25) is 0 Å². The second kappa shape index (κ2) is 8.02. The Labute approximate surface area is 116 Å². The molecule has 0 amide bonds. The highest BCUT2D eigenvalue weighted by atomic mass is 35.5. The van der Waals surface area contributed by atoms with E-state index < -0.39 is 11.9 Å². The lowest BCUT2D eigenvalue weighted by atomic mass is 9.97. The first kappa shape index (κ1) is 15.8. The van der Waals surface area contributed by atoms with Crippen LogP contribution in [-0.2, 0) is 14.3 Å². The molecule has 0 saturated heterocycles. The summed E-state index contributed by atoms with van der Waals surface area (Å²) >= 11 is 7.02. The van der Waals surface area contributed by atoms with Crippen LogP contribution in [0, 0.1) is 5.92 Å². The van der Waals surface area contributed by atoms with Crippen LogP contribution >= 0.6 is 23.4 Å². The van der Waals surface area contributed by atoms with Crippen molar-refractivity contribution in [3.05, 3.63) is 0 Å². The third-order valence-corrected chi connectivity index (χ3v) is 4.39. The zero-order valence-electron chi connectivity index (χ0n) is 10.4. The molecule has 18 heavy (non-hydrogen) atoms. The summed E-state index contributed by atoms with van der Waals surface area (Å²) in [6, 6.07) is 0. The summed E-state index contributed by atoms with van der Waals surface area (Å²) in [4.78, 5) is 21.8. The molecule has 1 fully saturated rings. The van der Waals surface area contributed by atoms with Gasteiger partial charge < -0.3 is 9.84 Å². The number of carboxylic acids is 1. The van der Waals surface area contributed by atoms with E-state index in [0.717, 1.165) is 37.4 Å². The van der Waals surface area contributed by atoms with E-state index in [-0.39, 0.29) is 29.0 Å². The molecule has 0 bridgehead atoms. The van der Waals surface area contributed by atoms with E-state index in [1.165, 1.54) is 6.92 Å². The van der Waals surface area contributed by atoms with Crippen LogP contribution in [0.25, 0.3) is 0 Å². The van der Waals surface area contributed by atoms with Gasteiger partial charge in [-0.15, -0.1) is 11.6 Å². The molecule has 4 nitrogen and oxygen atoms in total. The van der Waals surface area contributed by atoms with Crippen LogP contribution in [0.3, 0.4) is 0 Å². The van der Waals surface area contributed by atoms with Gasteiger partial charge in [-0.3, -0.25) is 9.59 Å². The van der Waals surface area contributed by atoms with Crippen molar-refractivity contribution in [1.29, 1.82) is 0 Å². The minimum Gasteiger partial charge on any atom is -0.481 e. The van der Waals surface area contributed by atoms with Gasteiger partial charge in [-0.2, -0.15) is 0 Å². The molecule has 0 spiro atoms. The molecule has 6 heteroatoms. The van der Waals surface area contributed by atoms with Gasteiger partial charge in [-0.25, -0.2) is 0 Å². The molecule has 1 saturated carbocycles. The van der Waals surface area contributed by atoms with Crippen molar-refractivity contribution in [2.45, 2.75) is 44.1 Å². The number of thioether (sulfide) groups is 1. The van der Waals surface area contributed by atoms with Gasteiger partial charge in [0.2, 0.25) is 0 Å². The molecule has 1 N–H and O–H groups in total. The molecule has 1 rings (SSSR count). The van der Waals surface area contributed by atoms with E-state index in [2.05, 4.69) is 0 Å². The molecule has 0 aromatic rings. The Balaban J connectivity index is 2.28. The van der Waals surface area contributed by atoms with Gasteiger partial charge in [-0.1, -0.05) is 11.8 Å². The first-order chi connectivity index (χ1) is 8.49. The summed E-state index contributed by atoms with van der Waals surface area (Å²) in [7, 11) is 0. The summed E-state index contributed by atoms with van der Waals surface area (Å²) in [6.07, 6.45) is 3.74. The number of ether oxygens (including phenoxy) is 1. The van der Waals surface area contributed by atoms with Gasteiger partial charge in [0.05, 0.1) is 18.6 Å².